The second-order valence-electron chi connectivity index (χ2n) is 22.4. The molecule has 412 valence electrons. The van der Waals surface area contributed by atoms with Crippen LogP contribution in [0.25, 0.3) is 0 Å². The molecular weight excluding hydrogens is 876 g/mol. The molecule has 0 saturated heterocycles. The fraction of sp³-hybridized carbons (Fsp3) is 0.950. The minimum Gasteiger partial charge on any atom is -0.391 e. The van der Waals surface area contributed by atoms with Crippen molar-refractivity contribution < 1.29 is 32.9 Å². The quantitative estimate of drug-likeness (QED) is 0.0243. The van der Waals surface area contributed by atoms with E-state index in [1.165, 1.54) is 250 Å². The van der Waals surface area contributed by atoms with Crippen LogP contribution in [-0.4, -0.2) is 73.4 Å². The van der Waals surface area contributed by atoms with Crippen LogP contribution in [0.5, 0.6) is 0 Å². The predicted molar refractivity (Wildman–Crippen MR) is 300 cm³/mol. The fourth-order valence-corrected chi connectivity index (χ4v) is 10.2. The number of unbranched alkanes of at least 4 members (excludes halogenated alkanes) is 42. The van der Waals surface area contributed by atoms with Crippen molar-refractivity contribution in [1.29, 1.82) is 0 Å². The number of hydrogen-bond donors (Lipinski definition) is 3. The number of carbonyl (C=O) groups is 1. The average Bonchev–Trinajstić information content (AvgIpc) is 3.31. The van der Waals surface area contributed by atoms with Crippen LogP contribution in [0, 0.1) is 0 Å². The molecule has 3 unspecified atom stereocenters. The topological polar surface area (TPSA) is 105 Å². The summed E-state index contributed by atoms with van der Waals surface area (Å²) in [5.41, 5.74) is 0. The standard InChI is InChI=1S/C60H121N2O6P/c1-6-8-10-12-14-16-18-20-22-24-25-26-27-28-29-30-31-32-33-34-35-36-38-40-42-44-46-48-50-52-54-60(64)61-58(57-68-69(65,66)67-56-55-62(3,4)5)59(63)53-51-49-47-45-43-41-39-37-23-21-19-17-15-13-11-9-7-2/h28-29,58-59,63H,6-27,30-57H2,1-5H3,(H-,61,64,65,66)/p+1/b29-28-. The molecule has 0 aromatic carbocycles. The summed E-state index contributed by atoms with van der Waals surface area (Å²) in [4.78, 5) is 23.3. The van der Waals surface area contributed by atoms with E-state index in [1.54, 1.807) is 0 Å². The Bertz CT molecular complexity index is 1130. The van der Waals surface area contributed by atoms with Crippen molar-refractivity contribution in [2.45, 2.75) is 328 Å². The molecule has 0 rings (SSSR count). The van der Waals surface area contributed by atoms with Crippen molar-refractivity contribution in [3.05, 3.63) is 12.2 Å². The largest absolute Gasteiger partial charge is 0.472 e. The molecule has 0 aromatic rings. The Morgan fingerprint density at radius 3 is 1.12 bits per heavy atom. The van der Waals surface area contributed by atoms with Gasteiger partial charge in [0.05, 0.1) is 39.9 Å². The summed E-state index contributed by atoms with van der Waals surface area (Å²) in [5.74, 6) is -0.138. The zero-order chi connectivity index (χ0) is 50.6. The van der Waals surface area contributed by atoms with Crippen LogP contribution < -0.4 is 5.32 Å². The number of phosphoric acid groups is 1. The van der Waals surface area contributed by atoms with E-state index in [0.717, 1.165) is 38.5 Å². The molecule has 3 atom stereocenters. The van der Waals surface area contributed by atoms with E-state index in [-0.39, 0.29) is 19.1 Å². The fourth-order valence-electron chi connectivity index (χ4n) is 9.46. The molecule has 0 heterocycles. The monoisotopic (exact) mass is 998 g/mol. The number of phosphoric ester groups is 1. The molecular formula is C60H122N2O6P+. The molecule has 0 saturated carbocycles. The van der Waals surface area contributed by atoms with Crippen LogP contribution in [-0.2, 0) is 18.4 Å². The molecule has 0 aromatic heterocycles. The molecule has 0 aliphatic carbocycles. The number of rotatable bonds is 57. The van der Waals surface area contributed by atoms with Crippen LogP contribution in [0.15, 0.2) is 12.2 Å². The van der Waals surface area contributed by atoms with Gasteiger partial charge in [-0.1, -0.05) is 283 Å². The number of likely N-dealkylation sites (N-methyl/N-ethyl adjacent to an activating group) is 1. The Hall–Kier alpha value is -0.760. The summed E-state index contributed by atoms with van der Waals surface area (Å²) in [6.45, 7) is 4.94. The summed E-state index contributed by atoms with van der Waals surface area (Å²) in [7, 11) is 1.63. The first-order chi connectivity index (χ1) is 33.5. The summed E-state index contributed by atoms with van der Waals surface area (Å²) in [6, 6.07) is -0.757. The van der Waals surface area contributed by atoms with Crippen LogP contribution in [0.4, 0.5) is 0 Å². The lowest BCUT2D eigenvalue weighted by atomic mass is 10.0. The molecule has 69 heavy (non-hydrogen) atoms. The number of quaternary nitrogens is 1. The van der Waals surface area contributed by atoms with Gasteiger partial charge in [-0.05, 0) is 38.5 Å². The van der Waals surface area contributed by atoms with Crippen molar-refractivity contribution in [3.63, 3.8) is 0 Å². The SMILES string of the molecule is CCCCCCCCCCCCCC/C=C\CCCCCCCCCCCCCCCCC(=O)NC(COP(=O)(O)OCC[N+](C)(C)C)C(O)CCCCCCCCCCCCCCCCCCC. The molecule has 9 heteroatoms. The molecule has 3 N–H and O–H groups in total. The third kappa shape index (κ3) is 54.8. The minimum absolute atomic E-state index is 0.0776. The molecule has 0 radical (unpaired) electrons. The smallest absolute Gasteiger partial charge is 0.391 e. The summed E-state index contributed by atoms with van der Waals surface area (Å²) < 4.78 is 23.8. The summed E-state index contributed by atoms with van der Waals surface area (Å²) in [6.07, 6.45) is 64.2. The number of nitrogens with one attached hydrogen (secondary N) is 1. The van der Waals surface area contributed by atoms with Gasteiger partial charge < -0.3 is 19.8 Å². The molecule has 0 aliphatic heterocycles. The number of allylic oxidation sites excluding steroid dienone is 2. The maximum atomic E-state index is 13.0. The van der Waals surface area contributed by atoms with E-state index in [2.05, 4.69) is 31.3 Å². The Morgan fingerprint density at radius 2 is 0.783 bits per heavy atom. The number of aliphatic hydroxyl groups excluding tert-OH is 1. The van der Waals surface area contributed by atoms with E-state index >= 15 is 0 Å². The van der Waals surface area contributed by atoms with Gasteiger partial charge in [-0.15, -0.1) is 0 Å². The number of amides is 1. The Kier molecular flexibility index (Phi) is 51.5. The molecule has 0 bridgehead atoms. The van der Waals surface area contributed by atoms with Crippen molar-refractivity contribution in [2.75, 3.05) is 40.9 Å². The lowest BCUT2D eigenvalue weighted by Crippen LogP contribution is -2.46. The number of carbonyl (C=O) groups excluding carboxylic acids is 1. The normalized spacial score (nSPS) is 13.9. The third-order valence-electron chi connectivity index (χ3n) is 14.3. The first-order valence-electron chi connectivity index (χ1n) is 30.6. The van der Waals surface area contributed by atoms with Crippen molar-refractivity contribution in [1.82, 2.24) is 5.32 Å². The predicted octanol–water partition coefficient (Wildman–Crippen LogP) is 18.6. The Labute approximate surface area is 431 Å². The first kappa shape index (κ1) is 68.2. The first-order valence-corrected chi connectivity index (χ1v) is 32.0. The van der Waals surface area contributed by atoms with Gasteiger partial charge >= 0.3 is 7.82 Å². The van der Waals surface area contributed by atoms with E-state index < -0.39 is 20.0 Å². The van der Waals surface area contributed by atoms with E-state index in [0.29, 0.717) is 23.9 Å². The second kappa shape index (κ2) is 52.1. The summed E-state index contributed by atoms with van der Waals surface area (Å²) in [5, 5.41) is 14.1. The molecule has 0 spiro atoms. The van der Waals surface area contributed by atoms with E-state index in [4.69, 9.17) is 9.05 Å². The number of hydrogen-bond acceptors (Lipinski definition) is 5. The maximum Gasteiger partial charge on any atom is 0.472 e. The van der Waals surface area contributed by atoms with Crippen molar-refractivity contribution >= 4 is 13.7 Å². The van der Waals surface area contributed by atoms with Gasteiger partial charge in [0.1, 0.15) is 13.2 Å². The molecule has 1 amide bonds. The lowest BCUT2D eigenvalue weighted by molar-refractivity contribution is -0.870. The van der Waals surface area contributed by atoms with Gasteiger partial charge in [-0.3, -0.25) is 13.8 Å². The van der Waals surface area contributed by atoms with Crippen LogP contribution in [0.1, 0.15) is 316 Å². The lowest BCUT2D eigenvalue weighted by Gasteiger charge is -2.26. The molecule has 8 nitrogen and oxygen atoms in total. The highest BCUT2D eigenvalue weighted by Crippen LogP contribution is 2.43. The highest BCUT2D eigenvalue weighted by atomic mass is 31.2. The van der Waals surface area contributed by atoms with Crippen LogP contribution >= 0.6 is 7.82 Å². The van der Waals surface area contributed by atoms with Gasteiger partial charge in [-0.2, -0.15) is 0 Å². The van der Waals surface area contributed by atoms with Crippen molar-refractivity contribution in [3.8, 4) is 0 Å². The van der Waals surface area contributed by atoms with Crippen molar-refractivity contribution in [2.24, 2.45) is 0 Å². The van der Waals surface area contributed by atoms with Gasteiger partial charge in [0.15, 0.2) is 0 Å². The van der Waals surface area contributed by atoms with E-state index in [9.17, 15) is 19.4 Å². The Balaban J connectivity index is 4.03. The van der Waals surface area contributed by atoms with Gasteiger partial charge in [0, 0.05) is 6.42 Å². The van der Waals surface area contributed by atoms with E-state index in [1.807, 2.05) is 21.1 Å². The third-order valence-corrected chi connectivity index (χ3v) is 15.2. The second-order valence-corrected chi connectivity index (χ2v) is 23.9. The zero-order valence-corrected chi connectivity index (χ0v) is 48.0. The highest BCUT2D eigenvalue weighted by Gasteiger charge is 2.28. The summed E-state index contributed by atoms with van der Waals surface area (Å²) >= 11 is 0. The van der Waals surface area contributed by atoms with Gasteiger partial charge in [0.2, 0.25) is 5.91 Å². The molecule has 0 aliphatic rings. The van der Waals surface area contributed by atoms with Gasteiger partial charge in [-0.25, -0.2) is 4.57 Å². The van der Waals surface area contributed by atoms with Crippen LogP contribution in [0.2, 0.25) is 0 Å². The number of aliphatic hydroxyl groups is 1. The molecule has 0 fully saturated rings. The average molecular weight is 999 g/mol. The Morgan fingerprint density at radius 1 is 0.478 bits per heavy atom. The highest BCUT2D eigenvalue weighted by molar-refractivity contribution is 7.47. The van der Waals surface area contributed by atoms with Gasteiger partial charge in [0.25, 0.3) is 0 Å². The zero-order valence-electron chi connectivity index (χ0n) is 47.1. The minimum atomic E-state index is -4.32. The number of nitrogens with zero attached hydrogens (tertiary/aromatic N) is 1. The maximum absolute atomic E-state index is 13.0. The van der Waals surface area contributed by atoms with Crippen LogP contribution in [0.3, 0.4) is 0 Å².